The van der Waals surface area contributed by atoms with Crippen LogP contribution in [-0.4, -0.2) is 51.1 Å². The van der Waals surface area contributed by atoms with Crippen molar-refractivity contribution < 1.29 is 13.2 Å². The largest absolute Gasteiger partial charge is 0.416 e. The van der Waals surface area contributed by atoms with Crippen molar-refractivity contribution in [3.05, 3.63) is 65.6 Å². The summed E-state index contributed by atoms with van der Waals surface area (Å²) in [6.07, 6.45) is -1.46. The van der Waals surface area contributed by atoms with E-state index in [0.717, 1.165) is 55.2 Å². The molecule has 170 valence electrons. The number of hydrogen-bond donors (Lipinski definition) is 2. The van der Waals surface area contributed by atoms with Crippen molar-refractivity contribution in [1.82, 2.24) is 30.1 Å². The summed E-state index contributed by atoms with van der Waals surface area (Å²) in [5, 5.41) is 15.1. The fraction of sp³-hybridized carbons (Fsp3) is 0.409. The first-order chi connectivity index (χ1) is 15.4. The van der Waals surface area contributed by atoms with E-state index in [1.54, 1.807) is 12.1 Å². The number of benzene rings is 1. The molecule has 10 heteroatoms. The van der Waals surface area contributed by atoms with E-state index in [2.05, 4.69) is 30.7 Å². The zero-order chi connectivity index (χ0) is 22.6. The second-order valence-corrected chi connectivity index (χ2v) is 7.80. The number of likely N-dealkylation sites (tertiary alicyclic amines) is 1. The quantitative estimate of drug-likeness (QED) is 0.451. The van der Waals surface area contributed by atoms with Crippen LogP contribution < -0.4 is 10.6 Å². The van der Waals surface area contributed by atoms with Gasteiger partial charge in [0.15, 0.2) is 17.4 Å². The second kappa shape index (κ2) is 9.56. The Bertz CT molecular complexity index is 1060. The third-order valence-electron chi connectivity index (χ3n) is 5.41. The second-order valence-electron chi connectivity index (χ2n) is 7.80. The number of nitrogens with zero attached hydrogens (tertiary/aromatic N) is 5. The van der Waals surface area contributed by atoms with Crippen molar-refractivity contribution >= 4 is 11.6 Å². The molecule has 2 aromatic heterocycles. The highest BCUT2D eigenvalue weighted by Crippen LogP contribution is 2.29. The van der Waals surface area contributed by atoms with Gasteiger partial charge in [-0.25, -0.2) is 4.99 Å². The van der Waals surface area contributed by atoms with Crippen LogP contribution in [0.3, 0.4) is 0 Å². The van der Waals surface area contributed by atoms with Crippen LogP contribution in [0.5, 0.6) is 0 Å². The fourth-order valence-electron chi connectivity index (χ4n) is 3.81. The van der Waals surface area contributed by atoms with Crippen LogP contribution in [0.25, 0.3) is 5.65 Å². The van der Waals surface area contributed by atoms with Crippen LogP contribution in [0, 0.1) is 0 Å². The lowest BCUT2D eigenvalue weighted by molar-refractivity contribution is -0.137. The van der Waals surface area contributed by atoms with Crippen LogP contribution in [0.2, 0.25) is 0 Å². The number of pyridine rings is 1. The van der Waals surface area contributed by atoms with Gasteiger partial charge < -0.3 is 10.6 Å². The Hall–Kier alpha value is -3.14. The Kier molecular flexibility index (Phi) is 6.59. The number of guanidine groups is 1. The highest BCUT2D eigenvalue weighted by atomic mass is 19.4. The van der Waals surface area contributed by atoms with Gasteiger partial charge in [0.2, 0.25) is 0 Å². The Labute approximate surface area is 184 Å². The molecule has 4 rings (SSSR count). The standard InChI is InChI=1S/C22H26F3N7/c1-2-26-21(27-13-20-30-29-19-5-3-4-11-32(19)20)28-18-10-12-31(15-18)14-16-6-8-17(9-7-16)22(23,24)25/h3-9,11,18H,2,10,12-15H2,1H3,(H2,26,27,28). The molecule has 0 radical (unpaired) electrons. The third-order valence-corrected chi connectivity index (χ3v) is 5.41. The first kappa shape index (κ1) is 22.1. The van der Waals surface area contributed by atoms with Crippen molar-refractivity contribution in [2.24, 2.45) is 4.99 Å². The van der Waals surface area contributed by atoms with E-state index >= 15 is 0 Å². The van der Waals surface area contributed by atoms with Crippen LogP contribution in [0.4, 0.5) is 13.2 Å². The molecule has 7 nitrogen and oxygen atoms in total. The first-order valence-electron chi connectivity index (χ1n) is 10.6. The van der Waals surface area contributed by atoms with E-state index in [-0.39, 0.29) is 6.04 Å². The molecule has 1 aromatic carbocycles. The lowest BCUT2D eigenvalue weighted by Crippen LogP contribution is -2.44. The predicted molar refractivity (Wildman–Crippen MR) is 116 cm³/mol. The molecule has 3 heterocycles. The third kappa shape index (κ3) is 5.37. The number of hydrogen-bond acceptors (Lipinski definition) is 4. The number of aliphatic imine (C=N–C) groups is 1. The van der Waals surface area contributed by atoms with Gasteiger partial charge in [-0.3, -0.25) is 9.30 Å². The lowest BCUT2D eigenvalue weighted by Gasteiger charge is -2.19. The van der Waals surface area contributed by atoms with Gasteiger partial charge in [-0.15, -0.1) is 10.2 Å². The van der Waals surface area contributed by atoms with Gasteiger partial charge >= 0.3 is 6.18 Å². The Morgan fingerprint density at radius 3 is 2.72 bits per heavy atom. The maximum atomic E-state index is 12.7. The molecule has 0 aliphatic carbocycles. The summed E-state index contributed by atoms with van der Waals surface area (Å²) in [5.41, 5.74) is 1.04. The molecular weight excluding hydrogens is 419 g/mol. The molecular formula is C22H26F3N7. The predicted octanol–water partition coefficient (Wildman–Crippen LogP) is 3.08. The molecule has 3 aromatic rings. The number of aromatic nitrogens is 3. The van der Waals surface area contributed by atoms with Gasteiger partial charge in [0.1, 0.15) is 6.54 Å². The monoisotopic (exact) mass is 445 g/mol. The fourth-order valence-corrected chi connectivity index (χ4v) is 3.81. The van der Waals surface area contributed by atoms with E-state index in [1.807, 2.05) is 35.7 Å². The van der Waals surface area contributed by atoms with E-state index in [0.29, 0.717) is 19.0 Å². The van der Waals surface area contributed by atoms with E-state index in [1.165, 1.54) is 0 Å². The van der Waals surface area contributed by atoms with Gasteiger partial charge in [0, 0.05) is 38.4 Å². The molecule has 1 saturated heterocycles. The van der Waals surface area contributed by atoms with Crippen molar-refractivity contribution in [3.8, 4) is 0 Å². The average molecular weight is 445 g/mol. The maximum absolute atomic E-state index is 12.7. The molecule has 0 bridgehead atoms. The minimum absolute atomic E-state index is 0.206. The number of rotatable bonds is 6. The van der Waals surface area contributed by atoms with Gasteiger partial charge in [-0.05, 0) is 43.2 Å². The maximum Gasteiger partial charge on any atom is 0.416 e. The molecule has 1 aliphatic rings. The van der Waals surface area contributed by atoms with E-state index < -0.39 is 11.7 Å². The SMILES string of the molecule is CCNC(=NCc1nnc2ccccn12)NC1CCN(Cc2ccc(C(F)(F)F)cc2)C1. The smallest absolute Gasteiger partial charge is 0.357 e. The van der Waals surface area contributed by atoms with Crippen molar-refractivity contribution in [3.63, 3.8) is 0 Å². The molecule has 0 spiro atoms. The Morgan fingerprint density at radius 2 is 1.97 bits per heavy atom. The first-order valence-corrected chi connectivity index (χ1v) is 10.6. The molecule has 1 fully saturated rings. The molecule has 0 amide bonds. The van der Waals surface area contributed by atoms with E-state index in [9.17, 15) is 13.2 Å². The molecule has 1 aliphatic heterocycles. The summed E-state index contributed by atoms with van der Waals surface area (Å²) in [6, 6.07) is 11.3. The topological polar surface area (TPSA) is 69.8 Å². The molecule has 32 heavy (non-hydrogen) atoms. The summed E-state index contributed by atoms with van der Waals surface area (Å²) in [5.74, 6) is 1.47. The Balaban J connectivity index is 1.33. The van der Waals surface area contributed by atoms with Gasteiger partial charge in [0.05, 0.1) is 5.56 Å². The average Bonchev–Trinajstić information content (AvgIpc) is 3.38. The summed E-state index contributed by atoms with van der Waals surface area (Å²) >= 11 is 0. The van der Waals surface area contributed by atoms with Crippen molar-refractivity contribution in [2.45, 2.75) is 38.7 Å². The zero-order valence-corrected chi connectivity index (χ0v) is 17.8. The van der Waals surface area contributed by atoms with Gasteiger partial charge in [0.25, 0.3) is 0 Å². The number of fused-ring (bicyclic) bond motifs is 1. The summed E-state index contributed by atoms with van der Waals surface area (Å²) in [4.78, 5) is 6.89. The van der Waals surface area contributed by atoms with Gasteiger partial charge in [-0.1, -0.05) is 18.2 Å². The lowest BCUT2D eigenvalue weighted by atomic mass is 10.1. The van der Waals surface area contributed by atoms with Crippen LogP contribution in [-0.2, 0) is 19.3 Å². The minimum atomic E-state index is -4.30. The normalized spacial score (nSPS) is 17.8. The Morgan fingerprint density at radius 1 is 1.16 bits per heavy atom. The number of nitrogens with one attached hydrogen (secondary N) is 2. The summed E-state index contributed by atoms with van der Waals surface area (Å²) in [6.45, 7) is 5.41. The molecule has 1 unspecified atom stereocenters. The highest BCUT2D eigenvalue weighted by Gasteiger charge is 2.30. The van der Waals surface area contributed by atoms with Crippen LogP contribution >= 0.6 is 0 Å². The number of halogens is 3. The van der Waals surface area contributed by atoms with E-state index in [4.69, 9.17) is 0 Å². The molecule has 1 atom stereocenters. The van der Waals surface area contributed by atoms with Crippen molar-refractivity contribution in [2.75, 3.05) is 19.6 Å². The summed E-state index contributed by atoms with van der Waals surface area (Å²) < 4.78 is 40.1. The van der Waals surface area contributed by atoms with Crippen molar-refractivity contribution in [1.29, 1.82) is 0 Å². The molecule has 2 N–H and O–H groups in total. The van der Waals surface area contributed by atoms with Crippen LogP contribution in [0.15, 0.2) is 53.7 Å². The summed E-state index contributed by atoms with van der Waals surface area (Å²) in [7, 11) is 0. The highest BCUT2D eigenvalue weighted by molar-refractivity contribution is 5.80. The van der Waals surface area contributed by atoms with Gasteiger partial charge in [-0.2, -0.15) is 13.2 Å². The minimum Gasteiger partial charge on any atom is -0.357 e. The zero-order valence-electron chi connectivity index (χ0n) is 17.8. The molecule has 0 saturated carbocycles. The number of alkyl halides is 3. The van der Waals surface area contributed by atoms with Crippen LogP contribution in [0.1, 0.15) is 30.3 Å².